The Morgan fingerprint density at radius 3 is 2.68 bits per heavy atom. The van der Waals surface area contributed by atoms with Gasteiger partial charge in [0.05, 0.1) is 6.61 Å². The van der Waals surface area contributed by atoms with Crippen LogP contribution < -0.4 is 0 Å². The fourth-order valence-electron chi connectivity index (χ4n) is 2.23. The van der Waals surface area contributed by atoms with Crippen LogP contribution in [0.5, 0.6) is 0 Å². The van der Waals surface area contributed by atoms with Crippen molar-refractivity contribution in [1.29, 1.82) is 0 Å². The van der Waals surface area contributed by atoms with E-state index in [1.807, 2.05) is 0 Å². The fraction of sp³-hybridized carbons (Fsp3) is 0.750. The summed E-state index contributed by atoms with van der Waals surface area (Å²) in [7, 11) is 0. The van der Waals surface area contributed by atoms with Gasteiger partial charge in [-0.3, -0.25) is 9.59 Å². The molecule has 0 N–H and O–H groups in total. The lowest BCUT2D eigenvalue weighted by Crippen LogP contribution is -2.05. The molecule has 1 aliphatic rings. The minimum atomic E-state index is -0.0675. The number of allylic oxidation sites excluding steroid dienone is 2. The first-order chi connectivity index (χ1) is 9.24. The van der Waals surface area contributed by atoms with E-state index in [9.17, 15) is 9.59 Å². The van der Waals surface area contributed by atoms with E-state index in [0.29, 0.717) is 25.2 Å². The van der Waals surface area contributed by atoms with Crippen LogP contribution in [-0.4, -0.2) is 18.4 Å². The summed E-state index contributed by atoms with van der Waals surface area (Å²) in [6.07, 6.45) is 11.3. The second kappa shape index (κ2) is 9.76. The minimum Gasteiger partial charge on any atom is -0.466 e. The maximum Gasteiger partial charge on any atom is 0.305 e. The molecule has 0 aromatic rings. The van der Waals surface area contributed by atoms with Crippen LogP contribution in [-0.2, 0) is 14.3 Å². The van der Waals surface area contributed by atoms with Crippen molar-refractivity contribution in [3.05, 3.63) is 11.6 Å². The molecule has 0 saturated carbocycles. The van der Waals surface area contributed by atoms with Crippen LogP contribution >= 0.6 is 0 Å². The van der Waals surface area contributed by atoms with Crippen LogP contribution in [0.1, 0.15) is 71.1 Å². The predicted octanol–water partition coefficient (Wildman–Crippen LogP) is 3.96. The summed E-state index contributed by atoms with van der Waals surface area (Å²) < 4.78 is 5.09. The number of rotatable bonds is 10. The largest absolute Gasteiger partial charge is 0.466 e. The minimum absolute atomic E-state index is 0.0675. The average molecular weight is 266 g/mol. The third kappa shape index (κ3) is 7.14. The van der Waals surface area contributed by atoms with Gasteiger partial charge in [0.15, 0.2) is 5.78 Å². The van der Waals surface area contributed by atoms with Gasteiger partial charge in [-0.2, -0.15) is 0 Å². The van der Waals surface area contributed by atoms with E-state index in [1.165, 1.54) is 0 Å². The van der Waals surface area contributed by atoms with Gasteiger partial charge < -0.3 is 4.74 Å². The van der Waals surface area contributed by atoms with Crippen molar-refractivity contribution in [1.82, 2.24) is 0 Å². The van der Waals surface area contributed by atoms with E-state index in [2.05, 4.69) is 13.0 Å². The van der Waals surface area contributed by atoms with Crippen LogP contribution in [0, 0.1) is 0 Å². The molecule has 1 aliphatic carbocycles. The maximum absolute atomic E-state index is 11.4. The number of Topliss-reactive ketones (excluding diaryl/α,β-unsaturated/α-hetero) is 1. The van der Waals surface area contributed by atoms with E-state index >= 15 is 0 Å². The van der Waals surface area contributed by atoms with Crippen LogP contribution in [0.2, 0.25) is 0 Å². The van der Waals surface area contributed by atoms with Gasteiger partial charge in [-0.15, -0.1) is 0 Å². The second-order valence-corrected chi connectivity index (χ2v) is 5.18. The van der Waals surface area contributed by atoms with Gasteiger partial charge in [0.25, 0.3) is 0 Å². The van der Waals surface area contributed by atoms with E-state index in [-0.39, 0.29) is 5.97 Å². The molecular weight excluding hydrogens is 240 g/mol. The van der Waals surface area contributed by atoms with Crippen molar-refractivity contribution in [2.75, 3.05) is 6.61 Å². The Labute approximate surface area is 116 Å². The number of esters is 1. The summed E-state index contributed by atoms with van der Waals surface area (Å²) in [5.74, 6) is 0.265. The summed E-state index contributed by atoms with van der Waals surface area (Å²) in [6, 6.07) is 0. The van der Waals surface area contributed by atoms with Gasteiger partial charge >= 0.3 is 5.97 Å². The number of hydrogen-bond donors (Lipinski definition) is 0. The zero-order valence-corrected chi connectivity index (χ0v) is 12.1. The standard InChI is InChI=1S/C16H26O3/c1-2-3-13-19-16(18)12-7-5-4-6-9-14-10-8-11-15(14)17/h10H,2-9,11-13H2,1H3. The second-order valence-electron chi connectivity index (χ2n) is 5.18. The lowest BCUT2D eigenvalue weighted by atomic mass is 10.0. The molecule has 0 spiro atoms. The van der Waals surface area contributed by atoms with Gasteiger partial charge in [-0.1, -0.05) is 32.3 Å². The van der Waals surface area contributed by atoms with Gasteiger partial charge in [-0.25, -0.2) is 0 Å². The first-order valence-electron chi connectivity index (χ1n) is 7.62. The average Bonchev–Trinajstić information content (AvgIpc) is 2.80. The summed E-state index contributed by atoms with van der Waals surface area (Å²) in [4.78, 5) is 22.7. The SMILES string of the molecule is CCCCOC(=O)CCCCCCC1=CCCC1=O. The van der Waals surface area contributed by atoms with E-state index in [4.69, 9.17) is 4.74 Å². The molecule has 0 aromatic carbocycles. The lowest BCUT2D eigenvalue weighted by molar-refractivity contribution is -0.143. The molecule has 0 heterocycles. The summed E-state index contributed by atoms with van der Waals surface area (Å²) in [5.41, 5.74) is 1.03. The molecule has 0 amide bonds. The summed E-state index contributed by atoms with van der Waals surface area (Å²) >= 11 is 0. The van der Waals surface area contributed by atoms with Gasteiger partial charge in [0.2, 0.25) is 0 Å². The van der Waals surface area contributed by atoms with Crippen molar-refractivity contribution in [3.63, 3.8) is 0 Å². The van der Waals surface area contributed by atoms with Crippen molar-refractivity contribution in [3.8, 4) is 0 Å². The highest BCUT2D eigenvalue weighted by molar-refractivity contribution is 5.97. The number of ether oxygens (including phenoxy) is 1. The molecule has 0 bridgehead atoms. The Balaban J connectivity index is 1.91. The van der Waals surface area contributed by atoms with Crippen LogP contribution in [0.4, 0.5) is 0 Å². The van der Waals surface area contributed by atoms with Crippen molar-refractivity contribution >= 4 is 11.8 Å². The molecule has 108 valence electrons. The van der Waals surface area contributed by atoms with Gasteiger partial charge in [0.1, 0.15) is 0 Å². The molecule has 0 saturated heterocycles. The third-order valence-corrected chi connectivity index (χ3v) is 3.46. The van der Waals surface area contributed by atoms with Gasteiger partial charge in [-0.05, 0) is 37.7 Å². The Morgan fingerprint density at radius 1 is 1.21 bits per heavy atom. The normalized spacial score (nSPS) is 14.6. The molecule has 0 atom stereocenters. The Hall–Kier alpha value is -1.12. The molecule has 3 nitrogen and oxygen atoms in total. The molecule has 0 aliphatic heterocycles. The number of carbonyl (C=O) groups is 2. The van der Waals surface area contributed by atoms with Crippen LogP contribution in [0.15, 0.2) is 11.6 Å². The quantitative estimate of drug-likeness (QED) is 0.444. The van der Waals surface area contributed by atoms with E-state index in [0.717, 1.165) is 56.9 Å². The van der Waals surface area contributed by atoms with Crippen molar-refractivity contribution in [2.24, 2.45) is 0 Å². The topological polar surface area (TPSA) is 43.4 Å². The Morgan fingerprint density at radius 2 is 2.00 bits per heavy atom. The predicted molar refractivity (Wildman–Crippen MR) is 75.9 cm³/mol. The highest BCUT2D eigenvalue weighted by Crippen LogP contribution is 2.20. The number of hydrogen-bond acceptors (Lipinski definition) is 3. The maximum atomic E-state index is 11.4. The lowest BCUT2D eigenvalue weighted by Gasteiger charge is -2.04. The zero-order valence-electron chi connectivity index (χ0n) is 12.1. The van der Waals surface area contributed by atoms with Gasteiger partial charge in [0, 0.05) is 12.8 Å². The van der Waals surface area contributed by atoms with E-state index in [1.54, 1.807) is 0 Å². The molecule has 3 heteroatoms. The van der Waals surface area contributed by atoms with E-state index < -0.39 is 0 Å². The Kier molecular flexibility index (Phi) is 8.19. The highest BCUT2D eigenvalue weighted by atomic mass is 16.5. The first-order valence-corrected chi connectivity index (χ1v) is 7.62. The number of unbranched alkanes of at least 4 members (excludes halogenated alkanes) is 4. The summed E-state index contributed by atoms with van der Waals surface area (Å²) in [6.45, 7) is 2.64. The molecule has 1 rings (SSSR count). The molecular formula is C16H26O3. The van der Waals surface area contributed by atoms with Crippen molar-refractivity contribution < 1.29 is 14.3 Å². The molecule has 0 aromatic heterocycles. The molecule has 19 heavy (non-hydrogen) atoms. The smallest absolute Gasteiger partial charge is 0.305 e. The molecule has 0 fully saturated rings. The molecule has 0 unspecified atom stereocenters. The monoisotopic (exact) mass is 266 g/mol. The van der Waals surface area contributed by atoms with Crippen LogP contribution in [0.25, 0.3) is 0 Å². The third-order valence-electron chi connectivity index (χ3n) is 3.46. The van der Waals surface area contributed by atoms with Crippen molar-refractivity contribution in [2.45, 2.75) is 71.1 Å². The number of carbonyl (C=O) groups excluding carboxylic acids is 2. The first kappa shape index (κ1) is 15.9. The fourth-order valence-corrected chi connectivity index (χ4v) is 2.23. The zero-order chi connectivity index (χ0) is 13.9. The number of ketones is 1. The summed E-state index contributed by atoms with van der Waals surface area (Å²) in [5, 5.41) is 0. The highest BCUT2D eigenvalue weighted by Gasteiger charge is 2.13. The van der Waals surface area contributed by atoms with Crippen LogP contribution in [0.3, 0.4) is 0 Å². The molecule has 0 radical (unpaired) electrons. The Bertz CT molecular complexity index is 318.